The lowest BCUT2D eigenvalue weighted by atomic mass is 10.1. The minimum absolute atomic E-state index is 0.0330. The Hall–Kier alpha value is -3.61. The molecule has 1 aliphatic rings. The van der Waals surface area contributed by atoms with Gasteiger partial charge in [0.05, 0.1) is 30.3 Å². The first-order valence-electron chi connectivity index (χ1n) is 11.3. The van der Waals surface area contributed by atoms with Gasteiger partial charge in [0.25, 0.3) is 11.8 Å². The molecule has 2 amide bonds. The summed E-state index contributed by atoms with van der Waals surface area (Å²) in [6.45, 7) is 8.00. The van der Waals surface area contributed by atoms with Crippen LogP contribution in [0.15, 0.2) is 48.7 Å². The number of carbonyl (C=O) groups is 2. The fourth-order valence-corrected chi connectivity index (χ4v) is 4.22. The molecule has 7 nitrogen and oxygen atoms in total. The highest BCUT2D eigenvalue weighted by Gasteiger charge is 2.28. The van der Waals surface area contributed by atoms with Crippen LogP contribution in [-0.4, -0.2) is 64.7 Å². The standard InChI is InChI=1S/C26H30N4O3/c1-5-23-22(17-27-30(23)21-10-6-18(2)7-11-21)26(32)29-14-12-28(13-15-29)25(31)20-9-8-19(3)24(16-20)33-4/h6-11,16-17H,5,12-15H2,1-4H3. The Bertz CT molecular complexity index is 1160. The molecule has 1 aliphatic heterocycles. The number of piperazine rings is 1. The smallest absolute Gasteiger partial charge is 0.257 e. The van der Waals surface area contributed by atoms with Crippen LogP contribution in [0.4, 0.5) is 0 Å². The monoisotopic (exact) mass is 446 g/mol. The third-order valence-corrected chi connectivity index (χ3v) is 6.22. The lowest BCUT2D eigenvalue weighted by Gasteiger charge is -2.35. The summed E-state index contributed by atoms with van der Waals surface area (Å²) >= 11 is 0. The van der Waals surface area contributed by atoms with Crippen LogP contribution in [0.3, 0.4) is 0 Å². The van der Waals surface area contributed by atoms with Crippen LogP contribution < -0.4 is 4.74 Å². The van der Waals surface area contributed by atoms with Crippen molar-refractivity contribution in [2.24, 2.45) is 0 Å². The van der Waals surface area contributed by atoms with Crippen molar-refractivity contribution in [1.82, 2.24) is 19.6 Å². The first kappa shape index (κ1) is 22.6. The predicted octanol–water partition coefficient (Wildman–Crippen LogP) is 3.66. The van der Waals surface area contributed by atoms with E-state index in [0.717, 1.165) is 16.9 Å². The maximum Gasteiger partial charge on any atom is 0.257 e. The highest BCUT2D eigenvalue weighted by molar-refractivity contribution is 5.96. The third-order valence-electron chi connectivity index (χ3n) is 6.22. The molecular weight excluding hydrogens is 416 g/mol. The van der Waals surface area contributed by atoms with Crippen LogP contribution in [0, 0.1) is 13.8 Å². The van der Waals surface area contributed by atoms with Gasteiger partial charge in [0.15, 0.2) is 0 Å². The molecule has 7 heteroatoms. The van der Waals surface area contributed by atoms with Crippen molar-refractivity contribution in [1.29, 1.82) is 0 Å². The van der Waals surface area contributed by atoms with Crippen molar-refractivity contribution in [3.8, 4) is 11.4 Å². The number of aromatic nitrogens is 2. The number of rotatable bonds is 5. The predicted molar refractivity (Wildman–Crippen MR) is 127 cm³/mol. The molecule has 3 aromatic rings. The summed E-state index contributed by atoms with van der Waals surface area (Å²) in [5.74, 6) is 0.628. The zero-order valence-corrected chi connectivity index (χ0v) is 19.7. The lowest BCUT2D eigenvalue weighted by molar-refractivity contribution is 0.0534. The summed E-state index contributed by atoms with van der Waals surface area (Å²) in [7, 11) is 1.60. The maximum atomic E-state index is 13.3. The lowest BCUT2D eigenvalue weighted by Crippen LogP contribution is -2.50. The number of ether oxygens (including phenoxy) is 1. The second kappa shape index (κ2) is 9.48. The Morgan fingerprint density at radius 1 is 0.939 bits per heavy atom. The normalized spacial score (nSPS) is 13.8. The Morgan fingerprint density at radius 2 is 1.58 bits per heavy atom. The molecule has 0 atom stereocenters. The second-order valence-electron chi connectivity index (χ2n) is 8.37. The molecule has 2 aromatic carbocycles. The van der Waals surface area contributed by atoms with Crippen LogP contribution in [0.1, 0.15) is 44.5 Å². The maximum absolute atomic E-state index is 13.3. The van der Waals surface area contributed by atoms with E-state index in [1.54, 1.807) is 24.3 Å². The summed E-state index contributed by atoms with van der Waals surface area (Å²) in [4.78, 5) is 29.9. The van der Waals surface area contributed by atoms with Crippen molar-refractivity contribution in [2.75, 3.05) is 33.3 Å². The molecule has 0 unspecified atom stereocenters. The first-order chi connectivity index (χ1) is 15.9. The minimum atomic E-state index is -0.0400. The highest BCUT2D eigenvalue weighted by Crippen LogP contribution is 2.22. The molecule has 0 aliphatic carbocycles. The van der Waals surface area contributed by atoms with Crippen molar-refractivity contribution >= 4 is 11.8 Å². The Kier molecular flexibility index (Phi) is 6.49. The van der Waals surface area contributed by atoms with E-state index in [4.69, 9.17) is 4.74 Å². The van der Waals surface area contributed by atoms with Crippen LogP contribution in [0.2, 0.25) is 0 Å². The molecule has 0 radical (unpaired) electrons. The van der Waals surface area contributed by atoms with Gasteiger partial charge in [-0.25, -0.2) is 4.68 Å². The van der Waals surface area contributed by atoms with E-state index in [-0.39, 0.29) is 11.8 Å². The summed E-state index contributed by atoms with van der Waals surface area (Å²) in [5, 5.41) is 4.50. The molecule has 0 bridgehead atoms. The fourth-order valence-electron chi connectivity index (χ4n) is 4.22. The van der Waals surface area contributed by atoms with Gasteiger partial charge in [0, 0.05) is 31.7 Å². The van der Waals surface area contributed by atoms with Gasteiger partial charge in [-0.3, -0.25) is 9.59 Å². The number of aryl methyl sites for hydroxylation is 2. The van der Waals surface area contributed by atoms with E-state index in [1.807, 2.05) is 66.8 Å². The van der Waals surface area contributed by atoms with E-state index >= 15 is 0 Å². The Labute approximate surface area is 194 Å². The highest BCUT2D eigenvalue weighted by atomic mass is 16.5. The topological polar surface area (TPSA) is 67.7 Å². The van der Waals surface area contributed by atoms with Gasteiger partial charge >= 0.3 is 0 Å². The molecule has 33 heavy (non-hydrogen) atoms. The number of methoxy groups -OCH3 is 1. The van der Waals surface area contributed by atoms with Gasteiger partial charge in [-0.1, -0.05) is 30.7 Å². The zero-order chi connectivity index (χ0) is 23.5. The zero-order valence-electron chi connectivity index (χ0n) is 19.7. The number of hydrogen-bond donors (Lipinski definition) is 0. The molecule has 0 saturated carbocycles. The molecule has 1 aromatic heterocycles. The molecule has 0 N–H and O–H groups in total. The van der Waals surface area contributed by atoms with Crippen LogP contribution >= 0.6 is 0 Å². The Balaban J connectivity index is 1.45. The summed E-state index contributed by atoms with van der Waals surface area (Å²) in [6, 6.07) is 13.6. The van der Waals surface area contributed by atoms with Crippen LogP contribution in [0.25, 0.3) is 5.69 Å². The molecule has 2 heterocycles. The third kappa shape index (κ3) is 4.49. The quantitative estimate of drug-likeness (QED) is 0.600. The van der Waals surface area contributed by atoms with Crippen LogP contribution in [-0.2, 0) is 6.42 Å². The van der Waals surface area contributed by atoms with Gasteiger partial charge in [0.1, 0.15) is 5.75 Å². The van der Waals surface area contributed by atoms with Gasteiger partial charge in [-0.05, 0) is 50.1 Å². The van der Waals surface area contributed by atoms with Crippen molar-refractivity contribution < 1.29 is 14.3 Å². The molecule has 1 saturated heterocycles. The SMILES string of the molecule is CCc1c(C(=O)N2CCN(C(=O)c3ccc(C)c(OC)c3)CC2)cnn1-c1ccc(C)cc1. The number of benzene rings is 2. The average Bonchev–Trinajstić information content (AvgIpc) is 3.28. The fraction of sp³-hybridized carbons (Fsp3) is 0.346. The average molecular weight is 447 g/mol. The van der Waals surface area contributed by atoms with Crippen LogP contribution in [0.5, 0.6) is 5.75 Å². The Morgan fingerprint density at radius 3 is 2.18 bits per heavy atom. The van der Waals surface area contributed by atoms with Gasteiger partial charge < -0.3 is 14.5 Å². The van der Waals surface area contributed by atoms with E-state index < -0.39 is 0 Å². The molecule has 172 valence electrons. The molecular formula is C26H30N4O3. The van der Waals surface area contributed by atoms with Gasteiger partial charge in [0.2, 0.25) is 0 Å². The molecule has 0 spiro atoms. The van der Waals surface area contributed by atoms with E-state index in [0.29, 0.717) is 49.5 Å². The largest absolute Gasteiger partial charge is 0.496 e. The number of hydrogen-bond acceptors (Lipinski definition) is 4. The van der Waals surface area contributed by atoms with Gasteiger partial charge in [-0.15, -0.1) is 0 Å². The number of carbonyl (C=O) groups excluding carboxylic acids is 2. The molecule has 4 rings (SSSR count). The number of amides is 2. The van der Waals surface area contributed by atoms with Gasteiger partial charge in [-0.2, -0.15) is 5.10 Å². The summed E-state index contributed by atoms with van der Waals surface area (Å²) in [5.41, 5.74) is 5.24. The minimum Gasteiger partial charge on any atom is -0.496 e. The number of nitrogens with zero attached hydrogens (tertiary/aromatic N) is 4. The molecule has 1 fully saturated rings. The van der Waals surface area contributed by atoms with Crippen molar-refractivity contribution in [3.63, 3.8) is 0 Å². The van der Waals surface area contributed by atoms with Crippen molar-refractivity contribution in [2.45, 2.75) is 27.2 Å². The summed E-state index contributed by atoms with van der Waals surface area (Å²) in [6.07, 6.45) is 2.36. The second-order valence-corrected chi connectivity index (χ2v) is 8.37. The van der Waals surface area contributed by atoms with Crippen molar-refractivity contribution in [3.05, 3.63) is 76.6 Å². The van der Waals surface area contributed by atoms with E-state index in [2.05, 4.69) is 5.10 Å². The van der Waals surface area contributed by atoms with E-state index in [1.165, 1.54) is 5.56 Å². The first-order valence-corrected chi connectivity index (χ1v) is 11.3. The summed E-state index contributed by atoms with van der Waals surface area (Å²) < 4.78 is 7.20. The van der Waals surface area contributed by atoms with E-state index in [9.17, 15) is 9.59 Å².